The smallest absolute Gasteiger partial charge is 0.242 e. The van der Waals surface area contributed by atoms with Crippen molar-refractivity contribution >= 4 is 22.8 Å². The molecule has 6 nitrogen and oxygen atoms in total. The van der Waals surface area contributed by atoms with Gasteiger partial charge in [0.05, 0.1) is 17.5 Å². The van der Waals surface area contributed by atoms with Crippen molar-refractivity contribution in [2.24, 2.45) is 5.92 Å². The van der Waals surface area contributed by atoms with Crippen LogP contribution in [0.2, 0.25) is 0 Å². The van der Waals surface area contributed by atoms with Gasteiger partial charge in [-0.25, -0.2) is 4.98 Å². The van der Waals surface area contributed by atoms with Gasteiger partial charge in [-0.05, 0) is 48.9 Å². The van der Waals surface area contributed by atoms with Gasteiger partial charge < -0.3 is 14.8 Å². The van der Waals surface area contributed by atoms with E-state index in [1.165, 1.54) is 0 Å². The second-order valence-corrected chi connectivity index (χ2v) is 8.87. The van der Waals surface area contributed by atoms with Gasteiger partial charge in [-0.15, -0.1) is 0 Å². The minimum atomic E-state index is 0.000439. The molecule has 2 amide bonds. The molecule has 0 atom stereocenters. The molecule has 1 N–H and O–H groups in total. The summed E-state index contributed by atoms with van der Waals surface area (Å²) in [6.07, 6.45) is 3.08. The number of carbonyl (C=O) groups is 2. The molecule has 1 aromatic heterocycles. The number of hydrogen-bond donors (Lipinski definition) is 1. The van der Waals surface area contributed by atoms with E-state index in [0.717, 1.165) is 53.9 Å². The van der Waals surface area contributed by atoms with E-state index in [9.17, 15) is 9.59 Å². The first-order chi connectivity index (χ1) is 15.5. The van der Waals surface area contributed by atoms with Crippen LogP contribution in [0.25, 0.3) is 11.0 Å². The molecule has 0 radical (unpaired) electrons. The van der Waals surface area contributed by atoms with Crippen LogP contribution in [0.3, 0.4) is 0 Å². The van der Waals surface area contributed by atoms with Crippen LogP contribution in [0, 0.1) is 12.8 Å². The van der Waals surface area contributed by atoms with Gasteiger partial charge in [0, 0.05) is 26.1 Å². The Morgan fingerprint density at radius 3 is 2.56 bits per heavy atom. The van der Waals surface area contributed by atoms with Crippen LogP contribution >= 0.6 is 0 Å². The van der Waals surface area contributed by atoms with Gasteiger partial charge in [0.15, 0.2) is 0 Å². The quantitative estimate of drug-likeness (QED) is 0.621. The molecule has 0 spiro atoms. The summed E-state index contributed by atoms with van der Waals surface area (Å²) in [6.45, 7) is 6.71. The monoisotopic (exact) mass is 432 g/mol. The minimum absolute atomic E-state index is 0.000439. The number of piperidine rings is 1. The number of nitrogens with one attached hydrogen (secondary N) is 1. The molecule has 168 valence electrons. The van der Waals surface area contributed by atoms with Crippen LogP contribution < -0.4 is 5.32 Å². The zero-order valence-corrected chi connectivity index (χ0v) is 19.0. The SMILES string of the molecule is Cc1ccccc1CC(=O)NCCc1nc2ccccc2n1CC(=O)N1CCC(C)CC1. The first-order valence-electron chi connectivity index (χ1n) is 11.5. The first-order valence-corrected chi connectivity index (χ1v) is 11.5. The Kier molecular flexibility index (Phi) is 6.88. The van der Waals surface area contributed by atoms with Crippen molar-refractivity contribution in [2.45, 2.75) is 46.1 Å². The number of para-hydroxylation sites is 2. The molecular formula is C26H32N4O2. The van der Waals surface area contributed by atoms with Crippen molar-refractivity contribution in [1.82, 2.24) is 19.8 Å². The Hall–Kier alpha value is -3.15. The zero-order chi connectivity index (χ0) is 22.5. The summed E-state index contributed by atoms with van der Waals surface area (Å²) in [6, 6.07) is 15.9. The van der Waals surface area contributed by atoms with Crippen LogP contribution in [0.4, 0.5) is 0 Å². The number of amides is 2. The van der Waals surface area contributed by atoms with Crippen LogP contribution in [0.15, 0.2) is 48.5 Å². The summed E-state index contributed by atoms with van der Waals surface area (Å²) in [5.41, 5.74) is 4.01. The zero-order valence-electron chi connectivity index (χ0n) is 19.0. The molecule has 6 heteroatoms. The molecule has 1 saturated heterocycles. The molecule has 2 aromatic carbocycles. The third-order valence-corrected chi connectivity index (χ3v) is 6.45. The fraction of sp³-hybridized carbons (Fsp3) is 0.423. The summed E-state index contributed by atoms with van der Waals surface area (Å²) in [7, 11) is 0. The van der Waals surface area contributed by atoms with Gasteiger partial charge in [-0.3, -0.25) is 9.59 Å². The van der Waals surface area contributed by atoms with Crippen LogP contribution in [-0.4, -0.2) is 45.9 Å². The van der Waals surface area contributed by atoms with E-state index < -0.39 is 0 Å². The first kappa shape index (κ1) is 22.1. The van der Waals surface area contributed by atoms with Crippen molar-refractivity contribution in [1.29, 1.82) is 0 Å². The topological polar surface area (TPSA) is 67.2 Å². The molecule has 1 fully saturated rings. The highest BCUT2D eigenvalue weighted by molar-refractivity contribution is 5.81. The van der Waals surface area contributed by atoms with Crippen LogP contribution in [0.5, 0.6) is 0 Å². The van der Waals surface area contributed by atoms with E-state index in [1.807, 2.05) is 64.9 Å². The third kappa shape index (κ3) is 5.18. The summed E-state index contributed by atoms with van der Waals surface area (Å²) in [5.74, 6) is 1.67. The number of aromatic nitrogens is 2. The van der Waals surface area contributed by atoms with Gasteiger partial charge in [0.1, 0.15) is 12.4 Å². The van der Waals surface area contributed by atoms with Crippen molar-refractivity contribution in [2.75, 3.05) is 19.6 Å². The van der Waals surface area contributed by atoms with Crippen molar-refractivity contribution in [3.63, 3.8) is 0 Å². The van der Waals surface area contributed by atoms with Gasteiger partial charge in [-0.1, -0.05) is 43.3 Å². The van der Waals surface area contributed by atoms with Gasteiger partial charge >= 0.3 is 0 Å². The molecule has 0 aliphatic carbocycles. The molecule has 0 bridgehead atoms. The number of carbonyl (C=O) groups excluding carboxylic acids is 2. The van der Waals surface area contributed by atoms with E-state index in [1.54, 1.807) is 0 Å². The van der Waals surface area contributed by atoms with Gasteiger partial charge in [-0.2, -0.15) is 0 Å². The Morgan fingerprint density at radius 1 is 1.06 bits per heavy atom. The lowest BCUT2D eigenvalue weighted by molar-refractivity contribution is -0.133. The fourth-order valence-corrected chi connectivity index (χ4v) is 4.34. The lowest BCUT2D eigenvalue weighted by atomic mass is 9.99. The Morgan fingerprint density at radius 2 is 1.78 bits per heavy atom. The minimum Gasteiger partial charge on any atom is -0.355 e. The highest BCUT2D eigenvalue weighted by Gasteiger charge is 2.22. The highest BCUT2D eigenvalue weighted by atomic mass is 16.2. The number of hydrogen-bond acceptors (Lipinski definition) is 3. The number of aryl methyl sites for hydroxylation is 1. The lowest BCUT2D eigenvalue weighted by Gasteiger charge is -2.30. The maximum atomic E-state index is 13.0. The Bertz CT molecular complexity index is 1100. The maximum absolute atomic E-state index is 13.0. The number of rotatable bonds is 7. The van der Waals surface area contributed by atoms with E-state index >= 15 is 0 Å². The predicted molar refractivity (Wildman–Crippen MR) is 126 cm³/mol. The molecule has 2 heterocycles. The molecule has 3 aromatic rings. The standard InChI is InChI=1S/C26H32N4O2/c1-19-12-15-29(16-13-19)26(32)18-30-23-10-6-5-9-22(23)28-24(30)11-14-27-25(31)17-21-8-4-3-7-20(21)2/h3-10,19H,11-18H2,1-2H3,(H,27,31). The van der Waals surface area contributed by atoms with Crippen molar-refractivity contribution in [3.8, 4) is 0 Å². The number of likely N-dealkylation sites (tertiary alicyclic amines) is 1. The fourth-order valence-electron chi connectivity index (χ4n) is 4.34. The normalized spacial score (nSPS) is 14.6. The van der Waals surface area contributed by atoms with E-state index in [2.05, 4.69) is 12.2 Å². The van der Waals surface area contributed by atoms with E-state index in [4.69, 9.17) is 4.98 Å². The average Bonchev–Trinajstić information content (AvgIpc) is 3.13. The van der Waals surface area contributed by atoms with Crippen molar-refractivity contribution < 1.29 is 9.59 Å². The largest absolute Gasteiger partial charge is 0.355 e. The molecule has 0 saturated carbocycles. The summed E-state index contributed by atoms with van der Waals surface area (Å²) in [5, 5.41) is 3.01. The van der Waals surface area contributed by atoms with E-state index in [0.29, 0.717) is 31.8 Å². The highest BCUT2D eigenvalue weighted by Crippen LogP contribution is 2.19. The molecule has 32 heavy (non-hydrogen) atoms. The summed E-state index contributed by atoms with van der Waals surface area (Å²) < 4.78 is 2.02. The maximum Gasteiger partial charge on any atom is 0.242 e. The predicted octanol–water partition coefficient (Wildman–Crippen LogP) is 3.50. The molecule has 1 aliphatic rings. The lowest BCUT2D eigenvalue weighted by Crippen LogP contribution is -2.40. The molecule has 1 aliphatic heterocycles. The molecule has 0 unspecified atom stereocenters. The molecular weight excluding hydrogens is 400 g/mol. The van der Waals surface area contributed by atoms with Gasteiger partial charge in [0.2, 0.25) is 11.8 Å². The number of benzene rings is 2. The Balaban J connectivity index is 1.41. The summed E-state index contributed by atoms with van der Waals surface area (Å²) in [4.78, 5) is 32.1. The number of imidazole rings is 1. The van der Waals surface area contributed by atoms with Gasteiger partial charge in [0.25, 0.3) is 0 Å². The van der Waals surface area contributed by atoms with E-state index in [-0.39, 0.29) is 11.8 Å². The molecule has 4 rings (SSSR count). The summed E-state index contributed by atoms with van der Waals surface area (Å²) >= 11 is 0. The van der Waals surface area contributed by atoms with Crippen LogP contribution in [0.1, 0.15) is 36.7 Å². The average molecular weight is 433 g/mol. The number of fused-ring (bicyclic) bond motifs is 1. The number of nitrogens with zero attached hydrogens (tertiary/aromatic N) is 3. The Labute approximate surface area is 189 Å². The second kappa shape index (κ2) is 9.98. The second-order valence-electron chi connectivity index (χ2n) is 8.87. The van der Waals surface area contributed by atoms with Crippen molar-refractivity contribution in [3.05, 3.63) is 65.5 Å². The van der Waals surface area contributed by atoms with Crippen LogP contribution in [-0.2, 0) is 29.0 Å². The third-order valence-electron chi connectivity index (χ3n) is 6.45.